The van der Waals surface area contributed by atoms with Gasteiger partial charge in [0.15, 0.2) is 5.78 Å². The molecule has 0 amide bonds. The predicted molar refractivity (Wildman–Crippen MR) is 74.1 cm³/mol. The summed E-state index contributed by atoms with van der Waals surface area (Å²) in [5.74, 6) is -1.70. The number of furan rings is 1. The number of carbonyl (C=O) groups is 3. The second-order valence-electron chi connectivity index (χ2n) is 4.39. The Bertz CT molecular complexity index is 780. The normalized spacial score (nSPS) is 14.7. The highest BCUT2D eigenvalue weighted by Crippen LogP contribution is 2.32. The first-order valence-electron chi connectivity index (χ1n) is 5.76. The van der Waals surface area contributed by atoms with E-state index in [0.717, 1.165) is 0 Å². The van der Waals surface area contributed by atoms with Crippen molar-refractivity contribution in [2.75, 3.05) is 0 Å². The van der Waals surface area contributed by atoms with Crippen LogP contribution in [0.3, 0.4) is 0 Å². The molecule has 2 radical (unpaired) electrons. The highest BCUT2D eigenvalue weighted by molar-refractivity contribution is 7.08. The van der Waals surface area contributed by atoms with Gasteiger partial charge in [0.05, 0.1) is 11.1 Å². The molecule has 0 fully saturated rings. The minimum atomic E-state index is -0.751. The number of allylic oxidation sites excluding steroid dienone is 1. The summed E-state index contributed by atoms with van der Waals surface area (Å²) in [6, 6.07) is 1.64. The second kappa shape index (κ2) is 4.42. The molecular weight excluding hydrogens is 275 g/mol. The van der Waals surface area contributed by atoms with E-state index in [-0.39, 0.29) is 33.7 Å². The van der Waals surface area contributed by atoms with Gasteiger partial charge in [0.25, 0.3) is 0 Å². The highest BCUT2D eigenvalue weighted by Gasteiger charge is 2.35. The fourth-order valence-corrected chi connectivity index (χ4v) is 2.71. The van der Waals surface area contributed by atoms with Gasteiger partial charge in [-0.15, -0.1) is 0 Å². The van der Waals surface area contributed by atoms with Crippen LogP contribution in [0.2, 0.25) is 0 Å². The largest absolute Gasteiger partial charge is 0.464 e. The molecule has 0 aliphatic heterocycles. The van der Waals surface area contributed by atoms with Crippen LogP contribution in [-0.4, -0.2) is 25.2 Å². The van der Waals surface area contributed by atoms with Crippen molar-refractivity contribution in [1.29, 1.82) is 0 Å². The zero-order valence-corrected chi connectivity index (χ0v) is 11.2. The van der Waals surface area contributed by atoms with E-state index < -0.39 is 11.6 Å². The van der Waals surface area contributed by atoms with Gasteiger partial charge < -0.3 is 4.42 Å². The summed E-state index contributed by atoms with van der Waals surface area (Å²) in [5.41, 5.74) is 0.741. The molecule has 1 aliphatic rings. The highest BCUT2D eigenvalue weighted by atomic mass is 32.1. The van der Waals surface area contributed by atoms with Gasteiger partial charge in [-0.2, -0.15) is 11.3 Å². The van der Waals surface area contributed by atoms with Crippen LogP contribution in [0.25, 0.3) is 5.47 Å². The molecule has 96 valence electrons. The fourth-order valence-electron chi connectivity index (χ4n) is 2.07. The molecule has 6 heteroatoms. The summed E-state index contributed by atoms with van der Waals surface area (Å²) in [7, 11) is 5.78. The Balaban J connectivity index is 2.20. The van der Waals surface area contributed by atoms with E-state index in [1.54, 1.807) is 16.8 Å². The van der Waals surface area contributed by atoms with Gasteiger partial charge in [0, 0.05) is 10.9 Å². The number of hydrogen-bond donors (Lipinski definition) is 0. The van der Waals surface area contributed by atoms with E-state index in [1.165, 1.54) is 24.5 Å². The molecule has 1 aliphatic carbocycles. The molecule has 0 saturated carbocycles. The molecule has 2 heterocycles. The Kier molecular flexibility index (Phi) is 2.83. The Labute approximate surface area is 119 Å². The third kappa shape index (κ3) is 1.65. The Hall–Kier alpha value is -2.21. The number of Topliss-reactive ketones (excluding diaryl/α,β-unsaturated/α-hetero) is 2. The molecule has 4 nitrogen and oxygen atoms in total. The lowest BCUT2D eigenvalue weighted by molar-refractivity contribution is -0.111. The number of hydrogen-bond acceptors (Lipinski definition) is 5. The van der Waals surface area contributed by atoms with Gasteiger partial charge in [0.2, 0.25) is 11.6 Å². The molecule has 0 atom stereocenters. The van der Waals surface area contributed by atoms with Crippen molar-refractivity contribution in [3.8, 4) is 0 Å². The van der Waals surface area contributed by atoms with Crippen LogP contribution in [0.5, 0.6) is 0 Å². The zero-order valence-electron chi connectivity index (χ0n) is 10.4. The summed E-state index contributed by atoms with van der Waals surface area (Å²) < 4.78 is 5.23. The topological polar surface area (TPSA) is 64.3 Å². The minimum absolute atomic E-state index is 0.0331. The Morgan fingerprint density at radius 2 is 2.05 bits per heavy atom. The average molecular weight is 282 g/mol. The number of rotatable bonds is 2. The third-order valence-corrected chi connectivity index (χ3v) is 3.92. The van der Waals surface area contributed by atoms with Crippen LogP contribution in [0.4, 0.5) is 0 Å². The van der Waals surface area contributed by atoms with Crippen LogP contribution in [-0.2, 0) is 4.79 Å². The first kappa shape index (κ1) is 12.8. The van der Waals surface area contributed by atoms with Crippen molar-refractivity contribution in [3.05, 3.63) is 51.1 Å². The van der Waals surface area contributed by atoms with Crippen LogP contribution in [0.1, 0.15) is 39.0 Å². The summed E-state index contributed by atoms with van der Waals surface area (Å²) in [4.78, 5) is 36.2. The fraction of sp³-hybridized carbons (Fsp3) is 0.0714. The molecule has 0 saturated heterocycles. The molecule has 0 bridgehead atoms. The van der Waals surface area contributed by atoms with Crippen molar-refractivity contribution in [2.45, 2.75) is 6.92 Å². The maximum Gasteiger partial charge on any atom is 0.237 e. The minimum Gasteiger partial charge on any atom is -0.464 e. The first-order valence-corrected chi connectivity index (χ1v) is 6.70. The van der Waals surface area contributed by atoms with Crippen molar-refractivity contribution in [1.82, 2.24) is 0 Å². The van der Waals surface area contributed by atoms with Gasteiger partial charge in [0.1, 0.15) is 19.9 Å². The lowest BCUT2D eigenvalue weighted by atomic mass is 9.78. The van der Waals surface area contributed by atoms with Gasteiger partial charge in [-0.25, -0.2) is 0 Å². The lowest BCUT2D eigenvalue weighted by Gasteiger charge is -2.13. The standard InChI is InChI=1S/C14H7BO4S/c1-6-10(15)14-9(13(18)11(6)16)8(4-19-14)12(17)7-2-3-20-5-7/h2-5H,1H3. The summed E-state index contributed by atoms with van der Waals surface area (Å²) in [5, 5.41) is 3.42. The molecule has 20 heavy (non-hydrogen) atoms. The molecule has 3 rings (SSSR count). The smallest absolute Gasteiger partial charge is 0.237 e. The number of fused-ring (bicyclic) bond motifs is 1. The van der Waals surface area contributed by atoms with Crippen molar-refractivity contribution in [3.63, 3.8) is 0 Å². The quantitative estimate of drug-likeness (QED) is 0.481. The maximum absolute atomic E-state index is 12.3. The van der Waals surface area contributed by atoms with Crippen LogP contribution in [0.15, 0.2) is 33.1 Å². The van der Waals surface area contributed by atoms with Gasteiger partial charge in [-0.05, 0) is 29.4 Å². The molecule has 0 aromatic carbocycles. The van der Waals surface area contributed by atoms with Crippen molar-refractivity contribution in [2.24, 2.45) is 0 Å². The number of thiophene rings is 1. The van der Waals surface area contributed by atoms with E-state index in [9.17, 15) is 14.4 Å². The van der Waals surface area contributed by atoms with E-state index >= 15 is 0 Å². The number of ketones is 3. The summed E-state index contributed by atoms with van der Waals surface area (Å²) >= 11 is 1.37. The van der Waals surface area contributed by atoms with Crippen molar-refractivity contribution >= 4 is 42.0 Å². The molecular formula is C14H7BO4S. The lowest BCUT2D eigenvalue weighted by Crippen LogP contribution is -2.23. The molecule has 0 N–H and O–H groups in total. The van der Waals surface area contributed by atoms with Gasteiger partial charge >= 0.3 is 0 Å². The zero-order chi connectivity index (χ0) is 14.4. The summed E-state index contributed by atoms with van der Waals surface area (Å²) in [6.45, 7) is 1.46. The van der Waals surface area contributed by atoms with Gasteiger partial charge in [-0.1, -0.05) is 0 Å². The third-order valence-electron chi connectivity index (χ3n) is 3.24. The number of carbonyl (C=O) groups excluding carboxylic acids is 3. The predicted octanol–water partition coefficient (Wildman–Crippen LogP) is 2.24. The van der Waals surface area contributed by atoms with Crippen LogP contribution in [0, 0.1) is 0 Å². The van der Waals surface area contributed by atoms with E-state index in [4.69, 9.17) is 12.3 Å². The van der Waals surface area contributed by atoms with Crippen LogP contribution >= 0.6 is 11.3 Å². The SMILES string of the molecule is [B]C1=C(C)C(=O)C(=O)c2c(C(=O)c3ccsc3)coc21. The molecule has 2 aromatic rings. The summed E-state index contributed by atoms with van der Waals surface area (Å²) in [6.07, 6.45) is 1.18. The molecule has 0 unspecified atom stereocenters. The Morgan fingerprint density at radius 3 is 2.70 bits per heavy atom. The monoisotopic (exact) mass is 282 g/mol. The maximum atomic E-state index is 12.3. The Morgan fingerprint density at radius 1 is 1.30 bits per heavy atom. The average Bonchev–Trinajstić information content (AvgIpc) is 3.10. The van der Waals surface area contributed by atoms with E-state index in [1.807, 2.05) is 0 Å². The van der Waals surface area contributed by atoms with E-state index in [2.05, 4.69) is 0 Å². The second-order valence-corrected chi connectivity index (χ2v) is 5.17. The van der Waals surface area contributed by atoms with E-state index in [0.29, 0.717) is 5.56 Å². The van der Waals surface area contributed by atoms with Gasteiger partial charge in [-0.3, -0.25) is 14.4 Å². The first-order chi connectivity index (χ1) is 9.52. The van der Waals surface area contributed by atoms with Crippen molar-refractivity contribution < 1.29 is 18.8 Å². The van der Waals surface area contributed by atoms with Crippen LogP contribution < -0.4 is 0 Å². The molecule has 0 spiro atoms. The molecule has 2 aromatic heterocycles.